The Bertz CT molecular complexity index is 183. The van der Waals surface area contributed by atoms with Crippen molar-refractivity contribution in [2.75, 3.05) is 0 Å². The van der Waals surface area contributed by atoms with Gasteiger partial charge in [0.1, 0.15) is 0 Å². The first-order chi connectivity index (χ1) is 7.60. The first-order valence-corrected chi connectivity index (χ1v) is 7.28. The third-order valence-electron chi connectivity index (χ3n) is 2.84. The van der Waals surface area contributed by atoms with Crippen molar-refractivity contribution in [3.05, 3.63) is 0 Å². The third kappa shape index (κ3) is 13.9. The second kappa shape index (κ2) is 7.41. The van der Waals surface area contributed by atoms with Crippen molar-refractivity contribution in [3.63, 3.8) is 0 Å². The van der Waals surface area contributed by atoms with Crippen molar-refractivity contribution in [3.8, 4) is 0 Å². The molecule has 1 unspecified atom stereocenters. The van der Waals surface area contributed by atoms with E-state index in [-0.39, 0.29) is 5.60 Å². The van der Waals surface area contributed by atoms with E-state index in [9.17, 15) is 0 Å². The lowest BCUT2D eigenvalue weighted by atomic mass is 9.89. The van der Waals surface area contributed by atoms with E-state index in [2.05, 4.69) is 48.5 Å². The van der Waals surface area contributed by atoms with Gasteiger partial charge in [-0.25, -0.2) is 0 Å². The van der Waals surface area contributed by atoms with E-state index >= 15 is 0 Å². The molecular weight excluding hydrogens is 208 g/mol. The molecule has 0 bridgehead atoms. The van der Waals surface area contributed by atoms with Gasteiger partial charge in [0.2, 0.25) is 0 Å². The monoisotopic (exact) mass is 242 g/mol. The minimum absolute atomic E-state index is 0.00561. The van der Waals surface area contributed by atoms with Crippen LogP contribution in [0.4, 0.5) is 0 Å². The van der Waals surface area contributed by atoms with Crippen LogP contribution >= 0.6 is 0 Å². The molecule has 0 spiro atoms. The fourth-order valence-corrected chi connectivity index (χ4v) is 2.10. The highest BCUT2D eigenvalue weighted by Gasteiger charge is 2.14. The van der Waals surface area contributed by atoms with Crippen LogP contribution in [-0.4, -0.2) is 11.7 Å². The Morgan fingerprint density at radius 2 is 1.35 bits per heavy atom. The molecule has 0 aromatic rings. The van der Waals surface area contributed by atoms with Crippen molar-refractivity contribution in [2.45, 2.75) is 98.7 Å². The maximum Gasteiger partial charge on any atom is 0.0602 e. The Morgan fingerprint density at radius 1 is 0.824 bits per heavy atom. The Labute approximate surface area is 109 Å². The van der Waals surface area contributed by atoms with E-state index in [1.165, 1.54) is 38.5 Å². The van der Waals surface area contributed by atoms with Crippen molar-refractivity contribution in [1.82, 2.24) is 0 Å². The van der Waals surface area contributed by atoms with Crippen molar-refractivity contribution < 1.29 is 4.74 Å². The van der Waals surface area contributed by atoms with Gasteiger partial charge in [-0.1, -0.05) is 46.5 Å². The minimum Gasteiger partial charge on any atom is -0.373 e. The van der Waals surface area contributed by atoms with Crippen LogP contribution in [-0.2, 0) is 4.74 Å². The van der Waals surface area contributed by atoms with Gasteiger partial charge in [-0.05, 0) is 46.0 Å². The number of rotatable bonds is 7. The molecule has 17 heavy (non-hydrogen) atoms. The second-order valence-electron chi connectivity index (χ2n) is 7.55. The molecule has 0 aromatic heterocycles. The lowest BCUT2D eigenvalue weighted by Gasteiger charge is -2.25. The lowest BCUT2D eigenvalue weighted by Crippen LogP contribution is -2.25. The zero-order chi connectivity index (χ0) is 13.5. The predicted octanol–water partition coefficient (Wildman–Crippen LogP) is 5.58. The van der Waals surface area contributed by atoms with Crippen LogP contribution in [0.3, 0.4) is 0 Å². The first kappa shape index (κ1) is 17.0. The maximum atomic E-state index is 5.90. The molecule has 0 saturated carbocycles. The molecule has 1 atom stereocenters. The third-order valence-corrected chi connectivity index (χ3v) is 2.84. The highest BCUT2D eigenvalue weighted by molar-refractivity contribution is 4.64. The molecule has 0 aliphatic carbocycles. The number of hydrogen-bond donors (Lipinski definition) is 0. The summed E-state index contributed by atoms with van der Waals surface area (Å²) in [5.74, 6) is 0. The molecule has 0 aliphatic heterocycles. The summed E-state index contributed by atoms with van der Waals surface area (Å²) < 4.78 is 5.90. The summed E-state index contributed by atoms with van der Waals surface area (Å²) in [6.07, 6.45) is 8.36. The van der Waals surface area contributed by atoms with Crippen molar-refractivity contribution in [2.24, 2.45) is 5.41 Å². The average Bonchev–Trinajstić information content (AvgIpc) is 2.06. The summed E-state index contributed by atoms with van der Waals surface area (Å²) in [7, 11) is 0. The first-order valence-electron chi connectivity index (χ1n) is 7.28. The van der Waals surface area contributed by atoms with E-state index in [1.54, 1.807) is 0 Å². The van der Waals surface area contributed by atoms with E-state index in [1.807, 2.05) is 0 Å². The Kier molecular flexibility index (Phi) is 7.39. The van der Waals surface area contributed by atoms with Gasteiger partial charge in [0.15, 0.2) is 0 Å². The standard InChI is InChI=1S/C16H34O/c1-14(17-16(5,6)7)12-10-8-9-11-13-15(2,3)4/h14H,8-13H2,1-7H3. The van der Waals surface area contributed by atoms with Crippen LogP contribution in [0.1, 0.15) is 87.0 Å². The SMILES string of the molecule is CC(CCCCCCC(C)(C)C)OC(C)(C)C. The highest BCUT2D eigenvalue weighted by atomic mass is 16.5. The Morgan fingerprint density at radius 3 is 1.82 bits per heavy atom. The summed E-state index contributed by atoms with van der Waals surface area (Å²) in [4.78, 5) is 0. The fourth-order valence-electron chi connectivity index (χ4n) is 2.10. The fraction of sp³-hybridized carbons (Fsp3) is 1.00. The van der Waals surface area contributed by atoms with Crippen LogP contribution in [0.5, 0.6) is 0 Å². The summed E-state index contributed by atoms with van der Waals surface area (Å²) in [6.45, 7) is 15.6. The molecule has 104 valence electrons. The molecule has 0 fully saturated rings. The zero-order valence-electron chi connectivity index (χ0n) is 13.2. The number of hydrogen-bond acceptors (Lipinski definition) is 1. The molecule has 1 nitrogen and oxygen atoms in total. The smallest absolute Gasteiger partial charge is 0.0602 e. The summed E-state index contributed by atoms with van der Waals surface area (Å²) in [5, 5.41) is 0. The molecule has 0 aliphatic rings. The zero-order valence-corrected chi connectivity index (χ0v) is 13.2. The molecule has 0 aromatic carbocycles. The maximum absolute atomic E-state index is 5.90. The quantitative estimate of drug-likeness (QED) is 0.530. The van der Waals surface area contributed by atoms with Gasteiger partial charge in [0, 0.05) is 0 Å². The second-order valence-corrected chi connectivity index (χ2v) is 7.55. The lowest BCUT2D eigenvalue weighted by molar-refractivity contribution is -0.0549. The molecule has 1 heteroatoms. The Hall–Kier alpha value is -0.0400. The average molecular weight is 242 g/mol. The van der Waals surface area contributed by atoms with Gasteiger partial charge in [-0.15, -0.1) is 0 Å². The van der Waals surface area contributed by atoms with Gasteiger partial charge in [-0.2, -0.15) is 0 Å². The van der Waals surface area contributed by atoms with Crippen molar-refractivity contribution in [1.29, 1.82) is 0 Å². The van der Waals surface area contributed by atoms with E-state index in [4.69, 9.17) is 4.74 Å². The van der Waals surface area contributed by atoms with E-state index in [0.29, 0.717) is 11.5 Å². The predicted molar refractivity (Wildman–Crippen MR) is 77.5 cm³/mol. The topological polar surface area (TPSA) is 9.23 Å². The van der Waals surface area contributed by atoms with Gasteiger partial charge < -0.3 is 4.74 Å². The van der Waals surface area contributed by atoms with Gasteiger partial charge in [0.05, 0.1) is 11.7 Å². The van der Waals surface area contributed by atoms with E-state index < -0.39 is 0 Å². The summed E-state index contributed by atoms with van der Waals surface area (Å²) in [5.41, 5.74) is 0.508. The largest absolute Gasteiger partial charge is 0.373 e. The van der Waals surface area contributed by atoms with Gasteiger partial charge in [0.25, 0.3) is 0 Å². The van der Waals surface area contributed by atoms with Crippen LogP contribution < -0.4 is 0 Å². The molecular formula is C16H34O. The van der Waals surface area contributed by atoms with Crippen LogP contribution in [0.25, 0.3) is 0 Å². The van der Waals surface area contributed by atoms with Crippen LogP contribution in [0, 0.1) is 5.41 Å². The number of unbranched alkanes of at least 4 members (excludes halogenated alkanes) is 3. The molecule has 0 radical (unpaired) electrons. The van der Waals surface area contributed by atoms with Gasteiger partial charge >= 0.3 is 0 Å². The molecule has 0 rings (SSSR count). The molecule has 0 heterocycles. The minimum atomic E-state index is 0.00561. The normalized spacial score (nSPS) is 15.0. The van der Waals surface area contributed by atoms with Crippen LogP contribution in [0.2, 0.25) is 0 Å². The van der Waals surface area contributed by atoms with E-state index in [0.717, 1.165) is 0 Å². The molecule has 0 amide bonds. The highest BCUT2D eigenvalue weighted by Crippen LogP contribution is 2.23. The summed E-state index contributed by atoms with van der Waals surface area (Å²) in [6, 6.07) is 0. The Balaban J connectivity index is 3.40. The summed E-state index contributed by atoms with van der Waals surface area (Å²) >= 11 is 0. The van der Waals surface area contributed by atoms with Crippen molar-refractivity contribution >= 4 is 0 Å². The van der Waals surface area contributed by atoms with Crippen LogP contribution in [0.15, 0.2) is 0 Å². The molecule has 0 N–H and O–H groups in total. The van der Waals surface area contributed by atoms with Gasteiger partial charge in [-0.3, -0.25) is 0 Å². The molecule has 0 saturated heterocycles. The number of ether oxygens (including phenoxy) is 1.